The minimum atomic E-state index is -0.700. The van der Waals surface area contributed by atoms with Crippen LogP contribution in [0.15, 0.2) is 48.8 Å². The summed E-state index contributed by atoms with van der Waals surface area (Å²) in [6.45, 7) is 5.19. The Morgan fingerprint density at radius 1 is 1.21 bits per heavy atom. The lowest BCUT2D eigenvalue weighted by Crippen LogP contribution is -2.35. The lowest BCUT2D eigenvalue weighted by molar-refractivity contribution is -0.117. The van der Waals surface area contributed by atoms with Crippen LogP contribution < -0.4 is 21.1 Å². The minimum Gasteiger partial charge on any atom is -0.485 e. The highest BCUT2D eigenvalue weighted by Crippen LogP contribution is 2.40. The second-order valence-corrected chi connectivity index (χ2v) is 9.25. The molecule has 4 rings (SSSR count). The third-order valence-corrected chi connectivity index (χ3v) is 6.18. The standard InChI is InChI=1S/C28H29F2N5O3/c1-4-5-24(36)34-15(2)13-38-26-25(32-14-33-27(26)31)21-11-19(29)12-23(16(21)3)35-28(37)20-9-8-18(10-22(20)30)17-6-7-17/h4-5,8-12,14-15,17H,6-7,13H2,1-3H3,(H,34,36)(H,35,37)(H2,31,32,33)/t15-/m0/s1. The number of allylic oxidation sites excluding steroid dienone is 1. The summed E-state index contributed by atoms with van der Waals surface area (Å²) < 4.78 is 35.3. The molecule has 198 valence electrons. The number of hydrogen-bond acceptors (Lipinski definition) is 6. The number of amides is 2. The predicted octanol–water partition coefficient (Wildman–Crippen LogP) is 4.90. The molecule has 1 aliphatic rings. The molecule has 1 saturated carbocycles. The summed E-state index contributed by atoms with van der Waals surface area (Å²) in [4.78, 5) is 32.9. The van der Waals surface area contributed by atoms with E-state index in [1.807, 2.05) is 0 Å². The highest BCUT2D eigenvalue weighted by atomic mass is 19.1. The van der Waals surface area contributed by atoms with Gasteiger partial charge in [0.05, 0.1) is 11.6 Å². The number of aromatic nitrogens is 2. The fourth-order valence-corrected chi connectivity index (χ4v) is 4.04. The Bertz CT molecular complexity index is 1410. The molecule has 0 radical (unpaired) electrons. The molecule has 2 aromatic carbocycles. The molecule has 1 fully saturated rings. The SMILES string of the molecule is CC=CC(=O)N[C@@H](C)COc1c(N)ncnc1-c1cc(F)cc(NC(=O)c2ccc(C3CC3)cc2F)c1C. The van der Waals surface area contributed by atoms with Crippen molar-refractivity contribution in [1.29, 1.82) is 0 Å². The zero-order chi connectivity index (χ0) is 27.4. The van der Waals surface area contributed by atoms with Gasteiger partial charge in [-0.1, -0.05) is 12.1 Å². The number of rotatable bonds is 9. The van der Waals surface area contributed by atoms with E-state index < -0.39 is 17.5 Å². The highest BCUT2D eigenvalue weighted by molar-refractivity contribution is 6.05. The molecule has 10 heteroatoms. The van der Waals surface area contributed by atoms with Crippen molar-refractivity contribution in [2.24, 2.45) is 0 Å². The zero-order valence-electron chi connectivity index (χ0n) is 21.3. The Balaban J connectivity index is 1.59. The monoisotopic (exact) mass is 521 g/mol. The van der Waals surface area contributed by atoms with Crippen molar-refractivity contribution in [2.45, 2.75) is 45.6 Å². The van der Waals surface area contributed by atoms with E-state index in [1.165, 1.54) is 30.6 Å². The molecule has 1 aromatic heterocycles. The van der Waals surface area contributed by atoms with Crippen molar-refractivity contribution in [3.63, 3.8) is 0 Å². The molecule has 0 spiro atoms. The lowest BCUT2D eigenvalue weighted by Gasteiger charge is -2.18. The van der Waals surface area contributed by atoms with E-state index in [0.29, 0.717) is 17.0 Å². The van der Waals surface area contributed by atoms with Crippen LogP contribution in [0.4, 0.5) is 20.3 Å². The van der Waals surface area contributed by atoms with Gasteiger partial charge in [0, 0.05) is 11.3 Å². The number of ether oxygens (including phenoxy) is 1. The van der Waals surface area contributed by atoms with Crippen LogP contribution in [0.3, 0.4) is 0 Å². The Morgan fingerprint density at radius 2 is 1.97 bits per heavy atom. The van der Waals surface area contributed by atoms with Gasteiger partial charge in [0.2, 0.25) is 5.91 Å². The van der Waals surface area contributed by atoms with Gasteiger partial charge in [-0.05, 0) is 81.0 Å². The van der Waals surface area contributed by atoms with Crippen LogP contribution in [0.1, 0.15) is 54.1 Å². The van der Waals surface area contributed by atoms with Gasteiger partial charge in [-0.2, -0.15) is 0 Å². The van der Waals surface area contributed by atoms with Gasteiger partial charge in [-0.25, -0.2) is 18.7 Å². The van der Waals surface area contributed by atoms with Gasteiger partial charge in [0.15, 0.2) is 11.6 Å². The Labute approximate surface area is 219 Å². The number of benzene rings is 2. The maximum atomic E-state index is 14.7. The number of hydrogen-bond donors (Lipinski definition) is 3. The predicted molar refractivity (Wildman–Crippen MR) is 141 cm³/mol. The normalized spacial score (nSPS) is 13.8. The zero-order valence-corrected chi connectivity index (χ0v) is 21.3. The fraction of sp³-hybridized carbons (Fsp3) is 0.286. The van der Waals surface area contributed by atoms with Crippen molar-refractivity contribution < 1.29 is 23.1 Å². The first-order valence-electron chi connectivity index (χ1n) is 12.3. The summed E-state index contributed by atoms with van der Waals surface area (Å²) in [5, 5.41) is 5.36. The van der Waals surface area contributed by atoms with Crippen LogP contribution in [0.2, 0.25) is 0 Å². The second kappa shape index (κ2) is 11.4. The summed E-state index contributed by atoms with van der Waals surface area (Å²) in [6, 6.07) is 6.58. The molecule has 0 unspecified atom stereocenters. The molecule has 3 aromatic rings. The number of nitrogens with two attached hydrogens (primary N) is 1. The summed E-state index contributed by atoms with van der Waals surface area (Å²) >= 11 is 0. The van der Waals surface area contributed by atoms with E-state index in [2.05, 4.69) is 20.6 Å². The number of carbonyl (C=O) groups is 2. The molecule has 4 N–H and O–H groups in total. The second-order valence-electron chi connectivity index (χ2n) is 9.25. The van der Waals surface area contributed by atoms with E-state index >= 15 is 0 Å². The van der Waals surface area contributed by atoms with Crippen LogP contribution in [-0.2, 0) is 4.79 Å². The summed E-state index contributed by atoms with van der Waals surface area (Å²) in [5.41, 5.74) is 7.90. The number of nitrogens with zero attached hydrogens (tertiary/aromatic N) is 2. The molecule has 1 atom stereocenters. The molecular weight excluding hydrogens is 492 g/mol. The Kier molecular flexibility index (Phi) is 7.99. The lowest BCUT2D eigenvalue weighted by atomic mass is 10.0. The van der Waals surface area contributed by atoms with Crippen molar-refractivity contribution >= 4 is 23.3 Å². The summed E-state index contributed by atoms with van der Waals surface area (Å²) in [6.07, 6.45) is 6.25. The molecule has 0 bridgehead atoms. The van der Waals surface area contributed by atoms with Gasteiger partial charge in [0.25, 0.3) is 5.91 Å². The van der Waals surface area contributed by atoms with Crippen LogP contribution in [0.25, 0.3) is 11.3 Å². The fourth-order valence-electron chi connectivity index (χ4n) is 4.04. The average Bonchev–Trinajstić information content (AvgIpc) is 3.71. The third kappa shape index (κ3) is 6.13. The Morgan fingerprint density at radius 3 is 2.66 bits per heavy atom. The maximum absolute atomic E-state index is 14.7. The van der Waals surface area contributed by atoms with E-state index in [1.54, 1.807) is 32.9 Å². The number of anilines is 2. The third-order valence-electron chi connectivity index (χ3n) is 6.18. The molecule has 8 nitrogen and oxygen atoms in total. The first kappa shape index (κ1) is 26.7. The van der Waals surface area contributed by atoms with Gasteiger partial charge in [-0.15, -0.1) is 0 Å². The number of halogens is 2. The van der Waals surface area contributed by atoms with E-state index in [-0.39, 0.29) is 47.1 Å². The molecular formula is C28H29F2N5O3. The van der Waals surface area contributed by atoms with Gasteiger partial charge in [-0.3, -0.25) is 9.59 Å². The summed E-state index contributed by atoms with van der Waals surface area (Å²) in [5.74, 6) is -1.79. The van der Waals surface area contributed by atoms with Crippen LogP contribution >= 0.6 is 0 Å². The smallest absolute Gasteiger partial charge is 0.258 e. The van der Waals surface area contributed by atoms with Crippen LogP contribution in [-0.4, -0.2) is 34.4 Å². The van der Waals surface area contributed by atoms with Crippen LogP contribution in [0, 0.1) is 18.6 Å². The van der Waals surface area contributed by atoms with Crippen molar-refractivity contribution in [1.82, 2.24) is 15.3 Å². The van der Waals surface area contributed by atoms with Crippen molar-refractivity contribution in [3.05, 3.63) is 77.1 Å². The average molecular weight is 522 g/mol. The quantitative estimate of drug-likeness (QED) is 0.345. The highest BCUT2D eigenvalue weighted by Gasteiger charge is 2.25. The van der Waals surface area contributed by atoms with E-state index in [4.69, 9.17) is 10.5 Å². The van der Waals surface area contributed by atoms with Gasteiger partial charge >= 0.3 is 0 Å². The minimum absolute atomic E-state index is 0.0223. The van der Waals surface area contributed by atoms with Crippen molar-refractivity contribution in [3.8, 4) is 17.0 Å². The topological polar surface area (TPSA) is 119 Å². The molecule has 1 aliphatic carbocycles. The number of carbonyl (C=O) groups excluding carboxylic acids is 2. The first-order valence-corrected chi connectivity index (χ1v) is 12.3. The molecule has 0 aliphatic heterocycles. The molecule has 38 heavy (non-hydrogen) atoms. The molecule has 2 amide bonds. The van der Waals surface area contributed by atoms with Crippen molar-refractivity contribution in [2.75, 3.05) is 17.7 Å². The molecule has 0 saturated heterocycles. The number of nitrogen functional groups attached to an aromatic ring is 1. The van der Waals surface area contributed by atoms with E-state index in [0.717, 1.165) is 24.5 Å². The van der Waals surface area contributed by atoms with E-state index in [9.17, 15) is 18.4 Å². The maximum Gasteiger partial charge on any atom is 0.258 e. The number of nitrogens with one attached hydrogen (secondary N) is 2. The Hall–Kier alpha value is -4.34. The first-order chi connectivity index (χ1) is 18.2. The molecule has 1 heterocycles. The van der Waals surface area contributed by atoms with Crippen LogP contribution in [0.5, 0.6) is 5.75 Å². The largest absolute Gasteiger partial charge is 0.485 e. The van der Waals surface area contributed by atoms with Gasteiger partial charge < -0.3 is 21.1 Å². The summed E-state index contributed by atoms with van der Waals surface area (Å²) in [7, 11) is 0. The van der Waals surface area contributed by atoms with Gasteiger partial charge in [0.1, 0.15) is 30.3 Å².